The van der Waals surface area contributed by atoms with Crippen LogP contribution >= 0.6 is 0 Å². The molecular weight excluding hydrogens is 368 g/mol. The van der Waals surface area contributed by atoms with E-state index in [-0.39, 0.29) is 34.8 Å². The first-order valence-electron chi connectivity index (χ1n) is 8.78. The third-order valence-corrected chi connectivity index (χ3v) is 3.96. The van der Waals surface area contributed by atoms with Gasteiger partial charge in [0.2, 0.25) is 0 Å². The van der Waals surface area contributed by atoms with E-state index in [0.717, 1.165) is 0 Å². The predicted octanol–water partition coefficient (Wildman–Crippen LogP) is 0.515. The molecule has 0 aliphatic heterocycles. The molecule has 0 aromatic carbocycles. The Labute approximate surface area is 162 Å². The first-order chi connectivity index (χ1) is 11.2. The minimum Gasteiger partial charge on any atom is -0.550 e. The molecule has 0 saturated heterocycles. The molecule has 1 radical (unpaired) electrons. The zero-order valence-electron chi connectivity index (χ0n) is 16.3. The Morgan fingerprint density at radius 2 is 0.640 bits per heavy atom. The molecule has 0 atom stereocenters. The maximum absolute atomic E-state index is 10.1. The molecule has 0 spiro atoms. The van der Waals surface area contributed by atoms with Gasteiger partial charge >= 0.3 is 17.1 Å². The molecule has 0 aliphatic rings. The number of rotatable bonds is 9. The summed E-state index contributed by atoms with van der Waals surface area (Å²) in [5.41, 5.74) is 0. The number of carbonyl (C=O) groups is 3. The van der Waals surface area contributed by atoms with Crippen molar-refractivity contribution in [2.45, 2.75) is 80.1 Å². The summed E-state index contributed by atoms with van der Waals surface area (Å²) in [7, 11) is 0. The van der Waals surface area contributed by atoms with E-state index in [1.807, 2.05) is 41.5 Å². The van der Waals surface area contributed by atoms with Crippen molar-refractivity contribution >= 4 is 17.9 Å². The molecule has 25 heavy (non-hydrogen) atoms. The van der Waals surface area contributed by atoms with Gasteiger partial charge in [-0.2, -0.15) is 0 Å². The number of carboxylic acids is 3. The molecule has 0 unspecified atom stereocenters. The zero-order valence-corrected chi connectivity index (χ0v) is 17.4. The van der Waals surface area contributed by atoms with Crippen LogP contribution < -0.4 is 15.3 Å². The van der Waals surface area contributed by atoms with Crippen LogP contribution in [0.4, 0.5) is 0 Å². The van der Waals surface area contributed by atoms with Gasteiger partial charge in [0.05, 0.1) is 0 Å². The third kappa shape index (κ3) is 19.1. The van der Waals surface area contributed by atoms with Gasteiger partial charge in [-0.3, -0.25) is 0 Å². The van der Waals surface area contributed by atoms with Crippen LogP contribution in [0.25, 0.3) is 0 Å². The normalized spacial score (nSPS) is 9.48. The second-order valence-electron chi connectivity index (χ2n) is 5.50. The Hall–Kier alpha value is -1.07. The van der Waals surface area contributed by atoms with Gasteiger partial charge in [-0.1, -0.05) is 41.5 Å². The Bertz CT molecular complexity index is 282. The van der Waals surface area contributed by atoms with E-state index in [1.54, 1.807) is 0 Å². The van der Waals surface area contributed by atoms with Gasteiger partial charge in [-0.25, -0.2) is 0 Å². The second kappa shape index (κ2) is 21.0. The summed E-state index contributed by atoms with van der Waals surface area (Å²) in [5, 5.41) is 30.2. The third-order valence-electron chi connectivity index (χ3n) is 3.96. The minimum atomic E-state index is -0.921. The van der Waals surface area contributed by atoms with Crippen LogP contribution in [0.3, 0.4) is 0 Å². The quantitative estimate of drug-likeness (QED) is 0.519. The number of hydrogen-bond donors (Lipinski definition) is 0. The number of hydrogen-bond acceptors (Lipinski definition) is 6. The van der Waals surface area contributed by atoms with E-state index in [4.69, 9.17) is 0 Å². The summed E-state index contributed by atoms with van der Waals surface area (Å²) in [4.78, 5) is 30.2. The number of aliphatic carboxylic acids is 3. The summed E-state index contributed by atoms with van der Waals surface area (Å²) in [6.45, 7) is 11.1. The number of carbonyl (C=O) groups excluding carboxylic acids is 3. The van der Waals surface area contributed by atoms with E-state index in [2.05, 4.69) is 0 Å². The van der Waals surface area contributed by atoms with Crippen LogP contribution in [0.15, 0.2) is 0 Å². The molecule has 0 amide bonds. The first-order valence-corrected chi connectivity index (χ1v) is 8.78. The fourth-order valence-corrected chi connectivity index (χ4v) is 1.87. The van der Waals surface area contributed by atoms with E-state index in [1.165, 1.54) is 0 Å². The SMILES string of the molecule is CCC(CC)C(=O)[O-].CCC(CC)C(=O)[O-].CCC(CC)C(=O)[O-].[Fe+3]. The van der Waals surface area contributed by atoms with Gasteiger partial charge in [0.1, 0.15) is 0 Å². The topological polar surface area (TPSA) is 120 Å². The van der Waals surface area contributed by atoms with Gasteiger partial charge in [0, 0.05) is 17.9 Å². The molecule has 7 heteroatoms. The molecule has 0 aromatic heterocycles. The molecule has 0 heterocycles. The summed E-state index contributed by atoms with van der Waals surface area (Å²) < 4.78 is 0. The summed E-state index contributed by atoms with van der Waals surface area (Å²) in [6, 6.07) is 0. The molecule has 0 fully saturated rings. The standard InChI is InChI=1S/3C6H12O2.Fe/c3*1-3-5(4-2)6(7)8;/h3*5H,3-4H2,1-2H3,(H,7,8);/q;;;+3/p-3. The van der Waals surface area contributed by atoms with Gasteiger partial charge in [0.25, 0.3) is 0 Å². The van der Waals surface area contributed by atoms with Gasteiger partial charge < -0.3 is 29.7 Å². The van der Waals surface area contributed by atoms with Crippen molar-refractivity contribution < 1.29 is 46.8 Å². The summed E-state index contributed by atoms with van der Waals surface area (Å²) in [5.74, 6) is -3.49. The van der Waals surface area contributed by atoms with Crippen LogP contribution in [0.1, 0.15) is 80.1 Å². The maximum atomic E-state index is 10.1. The molecule has 0 N–H and O–H groups in total. The Morgan fingerprint density at radius 3 is 0.640 bits per heavy atom. The van der Waals surface area contributed by atoms with Gasteiger partial charge in [-0.15, -0.1) is 0 Å². The average molecular weight is 401 g/mol. The predicted molar refractivity (Wildman–Crippen MR) is 87.2 cm³/mol. The van der Waals surface area contributed by atoms with Crippen molar-refractivity contribution in [3.8, 4) is 0 Å². The van der Waals surface area contributed by atoms with E-state index < -0.39 is 17.9 Å². The van der Waals surface area contributed by atoms with E-state index >= 15 is 0 Å². The molecule has 0 aliphatic carbocycles. The van der Waals surface area contributed by atoms with Gasteiger partial charge in [-0.05, 0) is 56.3 Å². The van der Waals surface area contributed by atoms with Crippen LogP contribution in [0.5, 0.6) is 0 Å². The van der Waals surface area contributed by atoms with Crippen molar-refractivity contribution in [3.05, 3.63) is 0 Å². The second-order valence-corrected chi connectivity index (χ2v) is 5.50. The monoisotopic (exact) mass is 401 g/mol. The van der Waals surface area contributed by atoms with Crippen LogP contribution in [0, 0.1) is 17.8 Å². The van der Waals surface area contributed by atoms with E-state index in [9.17, 15) is 29.7 Å². The molecule has 0 aromatic rings. The largest absolute Gasteiger partial charge is 3.00 e. The molecule has 0 bridgehead atoms. The average Bonchev–Trinajstić information content (AvgIpc) is 2.51. The molecule has 6 nitrogen and oxygen atoms in total. The zero-order chi connectivity index (χ0) is 19.7. The van der Waals surface area contributed by atoms with Crippen molar-refractivity contribution in [2.75, 3.05) is 0 Å². The van der Waals surface area contributed by atoms with Crippen LogP contribution in [-0.2, 0) is 31.5 Å². The Morgan fingerprint density at radius 1 is 0.520 bits per heavy atom. The van der Waals surface area contributed by atoms with Crippen molar-refractivity contribution in [2.24, 2.45) is 17.8 Å². The molecular formula is C18H33FeO6. The van der Waals surface area contributed by atoms with E-state index in [0.29, 0.717) is 38.5 Å². The Balaban J connectivity index is -0.000000130. The fourth-order valence-electron chi connectivity index (χ4n) is 1.87. The molecule has 0 saturated carbocycles. The summed E-state index contributed by atoms with van der Waals surface area (Å²) >= 11 is 0. The Kier molecular flexibility index (Phi) is 26.6. The fraction of sp³-hybridized carbons (Fsp3) is 0.833. The summed E-state index contributed by atoms with van der Waals surface area (Å²) in [6.07, 6.45) is 4.08. The van der Waals surface area contributed by atoms with Crippen LogP contribution in [-0.4, -0.2) is 17.9 Å². The maximum Gasteiger partial charge on any atom is 3.00 e. The van der Waals surface area contributed by atoms with Crippen molar-refractivity contribution in [1.29, 1.82) is 0 Å². The molecule has 0 rings (SSSR count). The first kappa shape index (κ1) is 31.7. The smallest absolute Gasteiger partial charge is 0.550 e. The number of carboxylic acid groups (broad SMARTS) is 3. The van der Waals surface area contributed by atoms with Crippen LogP contribution in [0.2, 0.25) is 0 Å². The minimum absolute atomic E-state index is 0. The van der Waals surface area contributed by atoms with Gasteiger partial charge in [0.15, 0.2) is 0 Å². The van der Waals surface area contributed by atoms with Crippen molar-refractivity contribution in [3.63, 3.8) is 0 Å². The van der Waals surface area contributed by atoms with Crippen molar-refractivity contribution in [1.82, 2.24) is 0 Å². The molecule has 149 valence electrons.